The number of amides is 1. The Bertz CT molecular complexity index is 654. The van der Waals surface area contributed by atoms with Crippen molar-refractivity contribution in [2.45, 2.75) is 13.0 Å². The van der Waals surface area contributed by atoms with E-state index in [-0.39, 0.29) is 18.3 Å². The SMILES string of the molecule is O=C(COc1ccccc1O)N1CCc2ccccc2C1. The van der Waals surface area contributed by atoms with Crippen molar-refractivity contribution in [3.63, 3.8) is 0 Å². The molecule has 0 saturated carbocycles. The van der Waals surface area contributed by atoms with Crippen molar-refractivity contribution in [2.24, 2.45) is 0 Å². The van der Waals surface area contributed by atoms with Gasteiger partial charge in [-0.25, -0.2) is 0 Å². The number of carbonyl (C=O) groups excluding carboxylic acids is 1. The second-order valence-electron chi connectivity index (χ2n) is 5.09. The maximum Gasteiger partial charge on any atom is 0.260 e. The number of fused-ring (bicyclic) bond motifs is 1. The summed E-state index contributed by atoms with van der Waals surface area (Å²) in [5.41, 5.74) is 2.50. The highest BCUT2D eigenvalue weighted by Gasteiger charge is 2.20. The molecule has 0 aromatic heterocycles. The molecule has 108 valence electrons. The molecule has 0 saturated heterocycles. The van der Waals surface area contributed by atoms with Crippen LogP contribution in [0.2, 0.25) is 0 Å². The molecule has 4 heteroatoms. The lowest BCUT2D eigenvalue weighted by molar-refractivity contribution is -0.134. The summed E-state index contributed by atoms with van der Waals surface area (Å²) < 4.78 is 5.40. The van der Waals surface area contributed by atoms with Crippen LogP contribution in [0.5, 0.6) is 11.5 Å². The highest BCUT2D eigenvalue weighted by atomic mass is 16.5. The number of aromatic hydroxyl groups is 1. The van der Waals surface area contributed by atoms with Gasteiger partial charge in [-0.15, -0.1) is 0 Å². The van der Waals surface area contributed by atoms with Gasteiger partial charge < -0.3 is 14.7 Å². The standard InChI is InChI=1S/C17H17NO3/c19-15-7-3-4-8-16(15)21-12-17(20)18-10-9-13-5-1-2-6-14(13)11-18/h1-8,19H,9-12H2. The fourth-order valence-electron chi connectivity index (χ4n) is 2.52. The Morgan fingerprint density at radius 1 is 1.10 bits per heavy atom. The fourth-order valence-corrected chi connectivity index (χ4v) is 2.52. The second kappa shape index (κ2) is 5.87. The van der Waals surface area contributed by atoms with Gasteiger partial charge in [-0.2, -0.15) is 0 Å². The van der Waals surface area contributed by atoms with E-state index in [1.807, 2.05) is 12.1 Å². The summed E-state index contributed by atoms with van der Waals surface area (Å²) in [7, 11) is 0. The van der Waals surface area contributed by atoms with Crippen molar-refractivity contribution in [2.75, 3.05) is 13.2 Å². The molecule has 0 fully saturated rings. The summed E-state index contributed by atoms with van der Waals surface area (Å²) in [5.74, 6) is 0.324. The van der Waals surface area contributed by atoms with E-state index < -0.39 is 0 Å². The van der Waals surface area contributed by atoms with Crippen LogP contribution in [0.1, 0.15) is 11.1 Å². The molecule has 0 atom stereocenters. The molecule has 0 unspecified atom stereocenters. The van der Waals surface area contributed by atoms with Crippen molar-refractivity contribution in [3.05, 3.63) is 59.7 Å². The van der Waals surface area contributed by atoms with E-state index in [1.165, 1.54) is 17.2 Å². The zero-order valence-electron chi connectivity index (χ0n) is 11.7. The molecular weight excluding hydrogens is 266 g/mol. The van der Waals surface area contributed by atoms with Gasteiger partial charge in [0.2, 0.25) is 0 Å². The van der Waals surface area contributed by atoms with E-state index in [0.717, 1.165) is 6.42 Å². The van der Waals surface area contributed by atoms with Gasteiger partial charge in [0.1, 0.15) is 0 Å². The number of benzene rings is 2. The summed E-state index contributed by atoms with van der Waals surface area (Å²) in [4.78, 5) is 14.0. The molecule has 1 N–H and O–H groups in total. The molecule has 1 heterocycles. The van der Waals surface area contributed by atoms with Gasteiger partial charge in [-0.05, 0) is 29.7 Å². The Labute approximate surface area is 123 Å². The van der Waals surface area contributed by atoms with E-state index in [2.05, 4.69) is 12.1 Å². The van der Waals surface area contributed by atoms with Crippen LogP contribution < -0.4 is 4.74 Å². The minimum atomic E-state index is -0.0623. The lowest BCUT2D eigenvalue weighted by Crippen LogP contribution is -2.38. The first-order valence-electron chi connectivity index (χ1n) is 6.99. The predicted molar refractivity (Wildman–Crippen MR) is 79.2 cm³/mol. The van der Waals surface area contributed by atoms with Crippen molar-refractivity contribution in [1.82, 2.24) is 4.90 Å². The van der Waals surface area contributed by atoms with E-state index >= 15 is 0 Å². The topological polar surface area (TPSA) is 49.8 Å². The van der Waals surface area contributed by atoms with Gasteiger partial charge in [0.25, 0.3) is 5.91 Å². The van der Waals surface area contributed by atoms with Crippen molar-refractivity contribution < 1.29 is 14.6 Å². The highest BCUT2D eigenvalue weighted by molar-refractivity contribution is 5.78. The lowest BCUT2D eigenvalue weighted by atomic mass is 10.00. The van der Waals surface area contributed by atoms with Gasteiger partial charge in [-0.3, -0.25) is 4.79 Å². The third-order valence-electron chi connectivity index (χ3n) is 3.70. The zero-order chi connectivity index (χ0) is 14.7. The fraction of sp³-hybridized carbons (Fsp3) is 0.235. The third-order valence-corrected chi connectivity index (χ3v) is 3.70. The van der Waals surface area contributed by atoms with Crippen LogP contribution in [0, 0.1) is 0 Å². The van der Waals surface area contributed by atoms with Gasteiger partial charge in [0.05, 0.1) is 0 Å². The largest absolute Gasteiger partial charge is 0.504 e. The molecule has 1 aliphatic rings. The summed E-state index contributed by atoms with van der Waals surface area (Å²) in [6, 6.07) is 14.8. The van der Waals surface area contributed by atoms with Crippen molar-refractivity contribution in [3.8, 4) is 11.5 Å². The average Bonchev–Trinajstić information content (AvgIpc) is 2.53. The third kappa shape index (κ3) is 2.99. The Kier molecular flexibility index (Phi) is 3.77. The van der Waals surface area contributed by atoms with Crippen molar-refractivity contribution >= 4 is 5.91 Å². The predicted octanol–water partition coefficient (Wildman–Crippen LogP) is 2.36. The number of nitrogens with zero attached hydrogens (tertiary/aromatic N) is 1. The average molecular weight is 283 g/mol. The van der Waals surface area contributed by atoms with E-state index in [1.54, 1.807) is 23.1 Å². The van der Waals surface area contributed by atoms with Gasteiger partial charge >= 0.3 is 0 Å². The number of phenolic OH excluding ortho intramolecular Hbond substituents is 1. The van der Waals surface area contributed by atoms with Crippen LogP contribution in [0.3, 0.4) is 0 Å². The maximum absolute atomic E-state index is 12.2. The smallest absolute Gasteiger partial charge is 0.260 e. The summed E-state index contributed by atoms with van der Waals surface area (Å²) in [5, 5.41) is 9.61. The number of para-hydroxylation sites is 2. The Morgan fingerprint density at radius 2 is 1.81 bits per heavy atom. The van der Waals surface area contributed by atoms with E-state index in [9.17, 15) is 9.90 Å². The maximum atomic E-state index is 12.2. The molecule has 0 radical (unpaired) electrons. The van der Waals surface area contributed by atoms with Gasteiger partial charge in [0, 0.05) is 13.1 Å². The van der Waals surface area contributed by atoms with Crippen LogP contribution in [0.4, 0.5) is 0 Å². The lowest BCUT2D eigenvalue weighted by Gasteiger charge is -2.28. The molecule has 0 spiro atoms. The monoisotopic (exact) mass is 283 g/mol. The highest BCUT2D eigenvalue weighted by Crippen LogP contribution is 2.24. The molecule has 4 nitrogen and oxygen atoms in total. The molecular formula is C17H17NO3. The second-order valence-corrected chi connectivity index (χ2v) is 5.09. The summed E-state index contributed by atoms with van der Waals surface area (Å²) in [6.45, 7) is 1.28. The first-order chi connectivity index (χ1) is 10.2. The van der Waals surface area contributed by atoms with Crippen LogP contribution in [-0.2, 0) is 17.8 Å². The molecule has 2 aromatic carbocycles. The first kappa shape index (κ1) is 13.5. The number of carbonyl (C=O) groups is 1. The minimum absolute atomic E-state index is 0.0503. The number of hydrogen-bond donors (Lipinski definition) is 1. The van der Waals surface area contributed by atoms with E-state index in [0.29, 0.717) is 18.8 Å². The number of rotatable bonds is 3. The van der Waals surface area contributed by atoms with E-state index in [4.69, 9.17) is 4.74 Å². The number of ether oxygens (including phenoxy) is 1. The summed E-state index contributed by atoms with van der Waals surface area (Å²) >= 11 is 0. The number of hydrogen-bond acceptors (Lipinski definition) is 3. The van der Waals surface area contributed by atoms with Crippen molar-refractivity contribution in [1.29, 1.82) is 0 Å². The molecule has 0 bridgehead atoms. The zero-order valence-corrected chi connectivity index (χ0v) is 11.7. The van der Waals surface area contributed by atoms with Crippen LogP contribution in [0.25, 0.3) is 0 Å². The van der Waals surface area contributed by atoms with Crippen LogP contribution in [-0.4, -0.2) is 29.1 Å². The van der Waals surface area contributed by atoms with Gasteiger partial charge in [-0.1, -0.05) is 36.4 Å². The molecule has 1 amide bonds. The molecule has 2 aromatic rings. The molecule has 21 heavy (non-hydrogen) atoms. The Balaban J connectivity index is 1.61. The Morgan fingerprint density at radius 3 is 2.62 bits per heavy atom. The Hall–Kier alpha value is -2.49. The quantitative estimate of drug-likeness (QED) is 0.940. The first-order valence-corrected chi connectivity index (χ1v) is 6.99. The van der Waals surface area contributed by atoms with Gasteiger partial charge in [0.15, 0.2) is 18.1 Å². The molecule has 3 rings (SSSR count). The minimum Gasteiger partial charge on any atom is -0.504 e. The van der Waals surface area contributed by atoms with Crippen LogP contribution in [0.15, 0.2) is 48.5 Å². The molecule has 0 aliphatic carbocycles. The normalized spacial score (nSPS) is 13.6. The molecule has 1 aliphatic heterocycles. The number of phenols is 1. The summed E-state index contributed by atoms with van der Waals surface area (Å²) in [6.07, 6.45) is 0.874. The van der Waals surface area contributed by atoms with Crippen LogP contribution >= 0.6 is 0 Å².